The van der Waals surface area contributed by atoms with Gasteiger partial charge in [-0.2, -0.15) is 0 Å². The third-order valence-electron chi connectivity index (χ3n) is 3.10. The lowest BCUT2D eigenvalue weighted by Crippen LogP contribution is -2.01. The summed E-state index contributed by atoms with van der Waals surface area (Å²) >= 11 is 10.6. The minimum Gasteiger partial charge on any atom is -0.379 e. The van der Waals surface area contributed by atoms with Crippen molar-refractivity contribution >= 4 is 64.4 Å². The molecule has 2 aromatic carbocycles. The fourth-order valence-corrected chi connectivity index (χ4v) is 4.65. The quantitative estimate of drug-likeness (QED) is 0.490. The van der Waals surface area contributed by atoms with Gasteiger partial charge in [-0.25, -0.2) is 0 Å². The monoisotopic (exact) mass is 456 g/mol. The van der Waals surface area contributed by atoms with Gasteiger partial charge in [-0.15, -0.1) is 0 Å². The second-order valence-corrected chi connectivity index (χ2v) is 7.12. The summed E-state index contributed by atoms with van der Waals surface area (Å²) in [4.78, 5) is 3.24. The van der Waals surface area contributed by atoms with Crippen LogP contribution in [0.2, 0.25) is 0 Å². The Morgan fingerprint density at radius 2 is 1.70 bits per heavy atom. The summed E-state index contributed by atoms with van der Waals surface area (Å²) in [6.45, 7) is 0.772. The lowest BCUT2D eigenvalue weighted by atomic mass is 10.1. The number of benzene rings is 2. The Kier molecular flexibility index (Phi) is 4.19. The summed E-state index contributed by atoms with van der Waals surface area (Å²) < 4.78 is 3.09. The Morgan fingerprint density at radius 1 is 0.950 bits per heavy atom. The molecule has 3 rings (SSSR count). The van der Waals surface area contributed by atoms with E-state index in [4.69, 9.17) is 0 Å². The third kappa shape index (κ3) is 2.95. The van der Waals surface area contributed by atoms with Crippen LogP contribution in [-0.4, -0.2) is 4.98 Å². The molecule has 1 heterocycles. The second-order valence-electron chi connectivity index (χ2n) is 4.50. The number of rotatable bonds is 3. The molecule has 5 heteroatoms. The van der Waals surface area contributed by atoms with Crippen LogP contribution in [0.15, 0.2) is 56.0 Å². The first kappa shape index (κ1) is 14.2. The van der Waals surface area contributed by atoms with Crippen LogP contribution >= 0.6 is 47.8 Å². The number of hydrogen-bond acceptors (Lipinski definition) is 1. The molecule has 0 aliphatic carbocycles. The number of fused-ring (bicyclic) bond motifs is 1. The van der Waals surface area contributed by atoms with Crippen LogP contribution in [-0.2, 0) is 6.54 Å². The molecule has 2 nitrogen and oxygen atoms in total. The first-order chi connectivity index (χ1) is 9.63. The van der Waals surface area contributed by atoms with E-state index < -0.39 is 0 Å². The average molecular weight is 459 g/mol. The first-order valence-electron chi connectivity index (χ1n) is 6.08. The normalized spacial score (nSPS) is 10.9. The van der Waals surface area contributed by atoms with E-state index in [0.717, 1.165) is 25.7 Å². The largest absolute Gasteiger partial charge is 0.379 e. The van der Waals surface area contributed by atoms with E-state index >= 15 is 0 Å². The third-order valence-corrected chi connectivity index (χ3v) is 4.80. The Balaban J connectivity index is 1.82. The van der Waals surface area contributed by atoms with E-state index in [1.165, 1.54) is 16.5 Å². The van der Waals surface area contributed by atoms with Crippen molar-refractivity contribution in [2.24, 2.45) is 0 Å². The number of H-pyrrole nitrogens is 1. The van der Waals surface area contributed by atoms with E-state index in [0.29, 0.717) is 0 Å². The molecule has 0 aliphatic heterocycles. The highest BCUT2D eigenvalue weighted by atomic mass is 79.9. The van der Waals surface area contributed by atoms with Gasteiger partial charge in [0, 0.05) is 31.7 Å². The van der Waals surface area contributed by atoms with Crippen molar-refractivity contribution in [3.05, 3.63) is 61.6 Å². The molecule has 0 amide bonds. The van der Waals surface area contributed by atoms with E-state index in [9.17, 15) is 0 Å². The molecular formula is C15H11Br3N2. The summed E-state index contributed by atoms with van der Waals surface area (Å²) in [7, 11) is 0. The Bertz CT molecular complexity index is 742. The number of nitrogens with one attached hydrogen (secondary N) is 2. The van der Waals surface area contributed by atoms with E-state index in [1.54, 1.807) is 0 Å². The van der Waals surface area contributed by atoms with Gasteiger partial charge in [0.1, 0.15) is 0 Å². The Morgan fingerprint density at radius 3 is 2.45 bits per heavy atom. The van der Waals surface area contributed by atoms with E-state index in [-0.39, 0.29) is 0 Å². The Labute approximate surface area is 142 Å². The first-order valence-corrected chi connectivity index (χ1v) is 8.46. The van der Waals surface area contributed by atoms with Gasteiger partial charge in [0.25, 0.3) is 0 Å². The summed E-state index contributed by atoms with van der Waals surface area (Å²) in [5.41, 5.74) is 3.46. The van der Waals surface area contributed by atoms with Gasteiger partial charge in [-0.05, 0) is 67.1 Å². The Hall–Kier alpha value is -0.780. The summed E-state index contributed by atoms with van der Waals surface area (Å²) in [6.07, 6.45) is 1.96. The number of hydrogen-bond donors (Lipinski definition) is 2. The number of halogens is 3. The molecule has 102 valence electrons. The molecule has 0 spiro atoms. The molecule has 1 aromatic heterocycles. The second kappa shape index (κ2) is 5.92. The predicted molar refractivity (Wildman–Crippen MR) is 95.2 cm³/mol. The van der Waals surface area contributed by atoms with Crippen LogP contribution < -0.4 is 5.32 Å². The SMILES string of the molecule is Brc1cc(Br)c(NCc2ccc3cc[nH]c3c2)c(Br)c1. The molecule has 0 saturated carbocycles. The highest BCUT2D eigenvalue weighted by Gasteiger charge is 2.06. The summed E-state index contributed by atoms with van der Waals surface area (Å²) in [5.74, 6) is 0. The van der Waals surface area contributed by atoms with Gasteiger partial charge in [-0.1, -0.05) is 28.1 Å². The van der Waals surface area contributed by atoms with Crippen LogP contribution in [0.25, 0.3) is 10.9 Å². The fourth-order valence-electron chi connectivity index (χ4n) is 2.11. The van der Waals surface area contributed by atoms with Crippen molar-refractivity contribution in [3.63, 3.8) is 0 Å². The van der Waals surface area contributed by atoms with Gasteiger partial charge in [0.2, 0.25) is 0 Å². The van der Waals surface area contributed by atoms with Crippen molar-refractivity contribution in [1.29, 1.82) is 0 Å². The zero-order chi connectivity index (χ0) is 14.1. The predicted octanol–water partition coefficient (Wildman–Crippen LogP) is 6.07. The summed E-state index contributed by atoms with van der Waals surface area (Å²) in [6, 6.07) is 12.6. The van der Waals surface area contributed by atoms with Gasteiger partial charge >= 0.3 is 0 Å². The van der Waals surface area contributed by atoms with Crippen LogP contribution in [0.4, 0.5) is 5.69 Å². The molecule has 0 bridgehead atoms. The molecule has 0 fully saturated rings. The number of aromatic amines is 1. The molecule has 3 aromatic rings. The zero-order valence-electron chi connectivity index (χ0n) is 10.4. The molecule has 20 heavy (non-hydrogen) atoms. The van der Waals surface area contributed by atoms with Gasteiger partial charge in [0.05, 0.1) is 5.69 Å². The maximum Gasteiger partial charge on any atom is 0.0632 e. The van der Waals surface area contributed by atoms with Crippen molar-refractivity contribution < 1.29 is 0 Å². The summed E-state index contributed by atoms with van der Waals surface area (Å²) in [5, 5.41) is 4.69. The van der Waals surface area contributed by atoms with Crippen molar-refractivity contribution in [1.82, 2.24) is 4.98 Å². The van der Waals surface area contributed by atoms with Crippen LogP contribution in [0.5, 0.6) is 0 Å². The minimum atomic E-state index is 0.772. The topological polar surface area (TPSA) is 27.8 Å². The van der Waals surface area contributed by atoms with Crippen LogP contribution in [0, 0.1) is 0 Å². The molecule has 0 atom stereocenters. The van der Waals surface area contributed by atoms with Crippen molar-refractivity contribution in [2.45, 2.75) is 6.54 Å². The van der Waals surface area contributed by atoms with Crippen molar-refractivity contribution in [3.8, 4) is 0 Å². The van der Waals surface area contributed by atoms with Gasteiger partial charge < -0.3 is 10.3 Å². The molecule has 0 saturated heterocycles. The zero-order valence-corrected chi connectivity index (χ0v) is 15.1. The fraction of sp³-hybridized carbons (Fsp3) is 0.0667. The highest BCUT2D eigenvalue weighted by molar-refractivity contribution is 9.11. The lowest BCUT2D eigenvalue weighted by molar-refractivity contribution is 1.14. The van der Waals surface area contributed by atoms with E-state index in [2.05, 4.69) is 82.4 Å². The molecule has 0 radical (unpaired) electrons. The number of anilines is 1. The van der Waals surface area contributed by atoms with Crippen LogP contribution in [0.3, 0.4) is 0 Å². The molecule has 0 aliphatic rings. The van der Waals surface area contributed by atoms with Crippen LogP contribution in [0.1, 0.15) is 5.56 Å². The van der Waals surface area contributed by atoms with E-state index in [1.807, 2.05) is 18.3 Å². The molecular weight excluding hydrogens is 448 g/mol. The van der Waals surface area contributed by atoms with Crippen molar-refractivity contribution in [2.75, 3.05) is 5.32 Å². The minimum absolute atomic E-state index is 0.772. The molecule has 0 unspecified atom stereocenters. The smallest absolute Gasteiger partial charge is 0.0632 e. The van der Waals surface area contributed by atoms with Gasteiger partial charge in [0.15, 0.2) is 0 Å². The standard InChI is InChI=1S/C15H11Br3N2/c16-11-6-12(17)15(13(18)7-11)20-8-9-1-2-10-3-4-19-14(10)5-9/h1-7,19-20H,8H2. The lowest BCUT2D eigenvalue weighted by Gasteiger charge is -2.11. The average Bonchev–Trinajstić information content (AvgIpc) is 2.84. The van der Waals surface area contributed by atoms with Gasteiger partial charge in [-0.3, -0.25) is 0 Å². The number of aromatic nitrogens is 1. The maximum absolute atomic E-state index is 3.58. The maximum atomic E-state index is 3.58. The molecule has 2 N–H and O–H groups in total. The highest BCUT2D eigenvalue weighted by Crippen LogP contribution is 2.34.